The molecule has 1 amide bonds. The summed E-state index contributed by atoms with van der Waals surface area (Å²) in [5.74, 6) is -0.0374. The van der Waals surface area contributed by atoms with Gasteiger partial charge in [0.1, 0.15) is 0 Å². The Bertz CT molecular complexity index is 573. The Morgan fingerprint density at radius 2 is 1.52 bits per heavy atom. The first kappa shape index (κ1) is 15.3. The van der Waals surface area contributed by atoms with Crippen LogP contribution in [-0.2, 0) is 19.4 Å². The van der Waals surface area contributed by atoms with Crippen molar-refractivity contribution in [2.75, 3.05) is 6.54 Å². The van der Waals surface area contributed by atoms with Crippen molar-refractivity contribution in [3.63, 3.8) is 0 Å². The highest BCUT2D eigenvalue weighted by atomic mass is 16.3. The van der Waals surface area contributed by atoms with Crippen LogP contribution in [0.5, 0.6) is 0 Å². The molecular weight excluding hydrogens is 262 g/mol. The van der Waals surface area contributed by atoms with E-state index < -0.39 is 0 Å². The fourth-order valence-corrected chi connectivity index (χ4v) is 2.13. The molecule has 0 aliphatic carbocycles. The second-order valence-electron chi connectivity index (χ2n) is 5.03. The van der Waals surface area contributed by atoms with Crippen LogP contribution in [-0.4, -0.2) is 17.6 Å². The van der Waals surface area contributed by atoms with Crippen LogP contribution in [0.3, 0.4) is 0 Å². The van der Waals surface area contributed by atoms with Gasteiger partial charge in [-0.05, 0) is 41.7 Å². The van der Waals surface area contributed by atoms with E-state index in [0.29, 0.717) is 12.1 Å². The Labute approximate surface area is 125 Å². The average molecular weight is 283 g/mol. The first-order valence-electron chi connectivity index (χ1n) is 7.28. The molecule has 3 nitrogen and oxygen atoms in total. The number of aryl methyl sites for hydroxylation is 1. The van der Waals surface area contributed by atoms with Crippen LogP contribution in [0.25, 0.3) is 0 Å². The minimum atomic E-state index is -0.0374. The molecule has 0 saturated heterocycles. The van der Waals surface area contributed by atoms with E-state index in [2.05, 4.69) is 12.2 Å². The molecule has 0 spiro atoms. The summed E-state index contributed by atoms with van der Waals surface area (Å²) < 4.78 is 0. The van der Waals surface area contributed by atoms with Gasteiger partial charge in [-0.1, -0.05) is 43.3 Å². The minimum absolute atomic E-state index is 0.0374. The molecule has 2 aromatic rings. The summed E-state index contributed by atoms with van der Waals surface area (Å²) in [6.45, 7) is 2.76. The fourth-order valence-electron chi connectivity index (χ4n) is 2.13. The lowest BCUT2D eigenvalue weighted by molar-refractivity contribution is 0.0954. The molecule has 110 valence electrons. The molecule has 21 heavy (non-hydrogen) atoms. The molecule has 0 radical (unpaired) electrons. The van der Waals surface area contributed by atoms with E-state index in [0.717, 1.165) is 24.0 Å². The van der Waals surface area contributed by atoms with Crippen molar-refractivity contribution in [1.82, 2.24) is 5.32 Å². The molecule has 0 heterocycles. The van der Waals surface area contributed by atoms with E-state index in [-0.39, 0.29) is 12.5 Å². The van der Waals surface area contributed by atoms with Crippen molar-refractivity contribution in [3.05, 3.63) is 70.8 Å². The van der Waals surface area contributed by atoms with Crippen molar-refractivity contribution < 1.29 is 9.90 Å². The number of rotatable bonds is 6. The second-order valence-corrected chi connectivity index (χ2v) is 5.03. The van der Waals surface area contributed by atoms with Crippen LogP contribution in [0.4, 0.5) is 0 Å². The molecule has 0 aliphatic rings. The van der Waals surface area contributed by atoms with E-state index in [4.69, 9.17) is 5.11 Å². The quantitative estimate of drug-likeness (QED) is 0.856. The van der Waals surface area contributed by atoms with Gasteiger partial charge in [-0.15, -0.1) is 0 Å². The average Bonchev–Trinajstić information content (AvgIpc) is 2.55. The summed E-state index contributed by atoms with van der Waals surface area (Å²) in [5.41, 5.74) is 3.98. The van der Waals surface area contributed by atoms with E-state index in [1.54, 1.807) is 0 Å². The van der Waals surface area contributed by atoms with Gasteiger partial charge in [-0.25, -0.2) is 0 Å². The zero-order valence-electron chi connectivity index (χ0n) is 12.3. The number of nitrogens with one attached hydrogen (secondary N) is 1. The van der Waals surface area contributed by atoms with Crippen LogP contribution in [0.15, 0.2) is 48.5 Å². The zero-order chi connectivity index (χ0) is 15.1. The van der Waals surface area contributed by atoms with Gasteiger partial charge in [0.2, 0.25) is 0 Å². The summed E-state index contributed by atoms with van der Waals surface area (Å²) in [7, 11) is 0. The van der Waals surface area contributed by atoms with Gasteiger partial charge in [0.15, 0.2) is 0 Å². The lowest BCUT2D eigenvalue weighted by atomic mass is 10.1. The number of benzene rings is 2. The number of hydrogen-bond acceptors (Lipinski definition) is 2. The van der Waals surface area contributed by atoms with Crippen LogP contribution in [0.1, 0.15) is 34.0 Å². The molecule has 2 aromatic carbocycles. The van der Waals surface area contributed by atoms with Gasteiger partial charge in [-0.2, -0.15) is 0 Å². The predicted molar refractivity (Wildman–Crippen MR) is 84.2 cm³/mol. The van der Waals surface area contributed by atoms with Crippen LogP contribution >= 0.6 is 0 Å². The molecule has 2 rings (SSSR count). The molecular formula is C18H21NO2. The summed E-state index contributed by atoms with van der Waals surface area (Å²) in [5, 5.41) is 11.9. The second kappa shape index (κ2) is 7.60. The maximum Gasteiger partial charge on any atom is 0.251 e. The SMILES string of the molecule is CCc1ccc(C(=O)NCCc2ccc(CO)cc2)cc1. The monoisotopic (exact) mass is 283 g/mol. The Hall–Kier alpha value is -2.13. The third kappa shape index (κ3) is 4.43. The van der Waals surface area contributed by atoms with Gasteiger partial charge in [0.25, 0.3) is 5.91 Å². The summed E-state index contributed by atoms with van der Waals surface area (Å²) in [4.78, 5) is 12.0. The van der Waals surface area contributed by atoms with Gasteiger partial charge in [-0.3, -0.25) is 4.79 Å². The van der Waals surface area contributed by atoms with Crippen molar-refractivity contribution >= 4 is 5.91 Å². The smallest absolute Gasteiger partial charge is 0.251 e. The Morgan fingerprint density at radius 1 is 0.952 bits per heavy atom. The first-order valence-corrected chi connectivity index (χ1v) is 7.28. The normalized spacial score (nSPS) is 10.4. The van der Waals surface area contributed by atoms with Crippen molar-refractivity contribution in [1.29, 1.82) is 0 Å². The predicted octanol–water partition coefficient (Wildman–Crippen LogP) is 2.71. The van der Waals surface area contributed by atoms with E-state index in [9.17, 15) is 4.79 Å². The molecule has 0 aliphatic heterocycles. The van der Waals surface area contributed by atoms with Gasteiger partial charge in [0, 0.05) is 12.1 Å². The van der Waals surface area contributed by atoms with Gasteiger partial charge < -0.3 is 10.4 Å². The summed E-state index contributed by atoms with van der Waals surface area (Å²) >= 11 is 0. The van der Waals surface area contributed by atoms with E-state index in [1.807, 2.05) is 48.5 Å². The number of hydrogen-bond donors (Lipinski definition) is 2. The van der Waals surface area contributed by atoms with Crippen molar-refractivity contribution in [2.24, 2.45) is 0 Å². The lowest BCUT2D eigenvalue weighted by Gasteiger charge is -2.06. The van der Waals surface area contributed by atoms with Crippen molar-refractivity contribution in [2.45, 2.75) is 26.4 Å². The van der Waals surface area contributed by atoms with Crippen molar-refractivity contribution in [3.8, 4) is 0 Å². The number of carbonyl (C=O) groups excluding carboxylic acids is 1. The van der Waals surface area contributed by atoms with Crippen LogP contribution in [0.2, 0.25) is 0 Å². The molecule has 0 atom stereocenters. The highest BCUT2D eigenvalue weighted by Crippen LogP contribution is 2.06. The largest absolute Gasteiger partial charge is 0.392 e. The van der Waals surface area contributed by atoms with E-state index in [1.165, 1.54) is 5.56 Å². The molecule has 2 N–H and O–H groups in total. The zero-order valence-corrected chi connectivity index (χ0v) is 12.3. The summed E-state index contributed by atoms with van der Waals surface area (Å²) in [6, 6.07) is 15.5. The van der Waals surface area contributed by atoms with Crippen LogP contribution < -0.4 is 5.32 Å². The highest BCUT2D eigenvalue weighted by molar-refractivity contribution is 5.94. The Kier molecular flexibility index (Phi) is 5.52. The highest BCUT2D eigenvalue weighted by Gasteiger charge is 2.04. The number of amides is 1. The summed E-state index contributed by atoms with van der Waals surface area (Å²) in [6.07, 6.45) is 1.76. The van der Waals surface area contributed by atoms with Gasteiger partial charge >= 0.3 is 0 Å². The fraction of sp³-hybridized carbons (Fsp3) is 0.278. The lowest BCUT2D eigenvalue weighted by Crippen LogP contribution is -2.25. The molecule has 0 unspecified atom stereocenters. The maximum absolute atomic E-state index is 12.0. The number of carbonyl (C=O) groups is 1. The molecule has 0 bridgehead atoms. The number of aliphatic hydroxyl groups is 1. The Morgan fingerprint density at radius 3 is 2.10 bits per heavy atom. The third-order valence-electron chi connectivity index (χ3n) is 3.53. The molecule has 0 fully saturated rings. The van der Waals surface area contributed by atoms with Crippen LogP contribution in [0, 0.1) is 0 Å². The topological polar surface area (TPSA) is 49.3 Å². The molecule has 0 saturated carbocycles. The molecule has 0 aromatic heterocycles. The first-order chi connectivity index (χ1) is 10.2. The third-order valence-corrected chi connectivity index (χ3v) is 3.53. The number of aliphatic hydroxyl groups excluding tert-OH is 1. The maximum atomic E-state index is 12.0. The minimum Gasteiger partial charge on any atom is -0.392 e. The van der Waals surface area contributed by atoms with Gasteiger partial charge in [0.05, 0.1) is 6.61 Å². The standard InChI is InChI=1S/C18H21NO2/c1-2-14-7-9-17(10-8-14)18(21)19-12-11-15-3-5-16(13-20)6-4-15/h3-10,20H,2,11-13H2,1H3,(H,19,21). The Balaban J connectivity index is 1.82. The van der Waals surface area contributed by atoms with E-state index >= 15 is 0 Å². The molecule has 3 heteroatoms.